The molecule has 0 rings (SSSR count). The Morgan fingerprint density at radius 1 is 1.27 bits per heavy atom. The third-order valence-corrected chi connectivity index (χ3v) is 1.88. The van der Waals surface area contributed by atoms with Crippen LogP contribution < -0.4 is 10.6 Å². The SMILES string of the molecule is CCOC(C)CNCC(=O)NCC(C)C. The molecule has 0 saturated carbocycles. The van der Waals surface area contributed by atoms with E-state index in [1.54, 1.807) is 0 Å². The minimum Gasteiger partial charge on any atom is -0.377 e. The fraction of sp³-hybridized carbons (Fsp3) is 0.909. The van der Waals surface area contributed by atoms with Crippen molar-refractivity contribution in [2.24, 2.45) is 5.92 Å². The van der Waals surface area contributed by atoms with Crippen LogP contribution in [0.5, 0.6) is 0 Å². The Balaban J connectivity index is 3.38. The number of amides is 1. The molecule has 0 aliphatic carbocycles. The molecule has 0 spiro atoms. The lowest BCUT2D eigenvalue weighted by Crippen LogP contribution is -2.38. The number of carbonyl (C=O) groups is 1. The second kappa shape index (κ2) is 8.68. The van der Waals surface area contributed by atoms with Crippen molar-refractivity contribution in [1.29, 1.82) is 0 Å². The maximum atomic E-state index is 11.3. The minimum absolute atomic E-state index is 0.0485. The van der Waals surface area contributed by atoms with Gasteiger partial charge in [0.15, 0.2) is 0 Å². The van der Waals surface area contributed by atoms with E-state index in [1.807, 2.05) is 13.8 Å². The highest BCUT2D eigenvalue weighted by Gasteiger charge is 2.03. The Morgan fingerprint density at radius 2 is 1.93 bits per heavy atom. The van der Waals surface area contributed by atoms with E-state index in [4.69, 9.17) is 4.74 Å². The first-order valence-corrected chi connectivity index (χ1v) is 5.65. The second-order valence-corrected chi connectivity index (χ2v) is 4.09. The zero-order valence-electron chi connectivity index (χ0n) is 10.3. The molecule has 4 nitrogen and oxygen atoms in total. The molecule has 0 bridgehead atoms. The van der Waals surface area contributed by atoms with Crippen molar-refractivity contribution < 1.29 is 9.53 Å². The lowest BCUT2D eigenvalue weighted by Gasteiger charge is -2.13. The molecular formula is C11H24N2O2. The van der Waals surface area contributed by atoms with Crippen molar-refractivity contribution in [3.8, 4) is 0 Å². The molecule has 90 valence electrons. The van der Waals surface area contributed by atoms with Gasteiger partial charge in [-0.3, -0.25) is 4.79 Å². The lowest BCUT2D eigenvalue weighted by atomic mass is 10.2. The quantitative estimate of drug-likeness (QED) is 0.630. The minimum atomic E-state index is 0.0485. The highest BCUT2D eigenvalue weighted by Crippen LogP contribution is 1.88. The lowest BCUT2D eigenvalue weighted by molar-refractivity contribution is -0.120. The Morgan fingerprint density at radius 3 is 2.47 bits per heavy atom. The summed E-state index contributed by atoms with van der Waals surface area (Å²) in [6.07, 6.45) is 0.160. The molecule has 0 radical (unpaired) electrons. The Labute approximate surface area is 92.8 Å². The number of rotatable bonds is 8. The first-order chi connectivity index (χ1) is 7.06. The summed E-state index contributed by atoms with van der Waals surface area (Å²) in [5.41, 5.74) is 0. The average molecular weight is 216 g/mol. The highest BCUT2D eigenvalue weighted by molar-refractivity contribution is 5.77. The molecular weight excluding hydrogens is 192 g/mol. The summed E-state index contributed by atoms with van der Waals surface area (Å²) < 4.78 is 5.33. The molecule has 0 aliphatic rings. The van der Waals surface area contributed by atoms with Crippen molar-refractivity contribution >= 4 is 5.91 Å². The number of hydrogen-bond donors (Lipinski definition) is 2. The molecule has 2 N–H and O–H groups in total. The standard InChI is InChI=1S/C11H24N2O2/c1-5-15-10(4)7-12-8-11(14)13-6-9(2)3/h9-10,12H,5-8H2,1-4H3,(H,13,14). The third-order valence-electron chi connectivity index (χ3n) is 1.88. The van der Waals surface area contributed by atoms with Gasteiger partial charge >= 0.3 is 0 Å². The van der Waals surface area contributed by atoms with Gasteiger partial charge in [0, 0.05) is 19.7 Å². The number of carbonyl (C=O) groups excluding carboxylic acids is 1. The molecule has 0 fully saturated rings. The van der Waals surface area contributed by atoms with Crippen LogP contribution in [0.3, 0.4) is 0 Å². The predicted molar refractivity (Wildman–Crippen MR) is 61.8 cm³/mol. The zero-order valence-corrected chi connectivity index (χ0v) is 10.3. The van der Waals surface area contributed by atoms with E-state index in [-0.39, 0.29) is 12.0 Å². The summed E-state index contributed by atoms with van der Waals surface area (Å²) in [4.78, 5) is 11.3. The van der Waals surface area contributed by atoms with Crippen LogP contribution in [-0.2, 0) is 9.53 Å². The van der Waals surface area contributed by atoms with Crippen molar-refractivity contribution in [2.75, 3.05) is 26.2 Å². The second-order valence-electron chi connectivity index (χ2n) is 4.09. The van der Waals surface area contributed by atoms with Crippen molar-refractivity contribution in [3.05, 3.63) is 0 Å². The van der Waals surface area contributed by atoms with Gasteiger partial charge in [0.05, 0.1) is 12.6 Å². The predicted octanol–water partition coefficient (Wildman–Crippen LogP) is 0.773. The average Bonchev–Trinajstić information content (AvgIpc) is 2.15. The topological polar surface area (TPSA) is 50.4 Å². The molecule has 1 atom stereocenters. The van der Waals surface area contributed by atoms with Crippen LogP contribution in [-0.4, -0.2) is 38.3 Å². The van der Waals surface area contributed by atoms with Gasteiger partial charge in [-0.05, 0) is 19.8 Å². The molecule has 15 heavy (non-hydrogen) atoms. The van der Waals surface area contributed by atoms with Crippen LogP contribution in [0.4, 0.5) is 0 Å². The molecule has 4 heteroatoms. The van der Waals surface area contributed by atoms with Gasteiger partial charge in [0.2, 0.25) is 5.91 Å². The number of ether oxygens (including phenoxy) is 1. The van der Waals surface area contributed by atoms with E-state index in [2.05, 4.69) is 24.5 Å². The molecule has 0 aromatic heterocycles. The van der Waals surface area contributed by atoms with Crippen LogP contribution in [0.15, 0.2) is 0 Å². The molecule has 0 saturated heterocycles. The van der Waals surface area contributed by atoms with Crippen molar-refractivity contribution in [1.82, 2.24) is 10.6 Å². The Hall–Kier alpha value is -0.610. The first-order valence-electron chi connectivity index (χ1n) is 5.65. The maximum absolute atomic E-state index is 11.3. The number of nitrogens with one attached hydrogen (secondary N) is 2. The summed E-state index contributed by atoms with van der Waals surface area (Å²) in [7, 11) is 0. The Kier molecular flexibility index (Phi) is 8.33. The van der Waals surface area contributed by atoms with E-state index in [0.717, 1.165) is 6.54 Å². The van der Waals surface area contributed by atoms with Gasteiger partial charge in [-0.1, -0.05) is 13.8 Å². The van der Waals surface area contributed by atoms with Crippen LogP contribution >= 0.6 is 0 Å². The smallest absolute Gasteiger partial charge is 0.233 e. The van der Waals surface area contributed by atoms with Crippen LogP contribution in [0, 0.1) is 5.92 Å². The van der Waals surface area contributed by atoms with E-state index in [9.17, 15) is 4.79 Å². The van der Waals surface area contributed by atoms with Crippen molar-refractivity contribution in [3.63, 3.8) is 0 Å². The molecule has 0 heterocycles. The monoisotopic (exact) mass is 216 g/mol. The first kappa shape index (κ1) is 14.4. The van der Waals surface area contributed by atoms with Crippen molar-refractivity contribution in [2.45, 2.75) is 33.8 Å². The van der Waals surface area contributed by atoms with Crippen LogP contribution in [0.1, 0.15) is 27.7 Å². The molecule has 0 aromatic rings. The summed E-state index contributed by atoms with van der Waals surface area (Å²) in [5, 5.41) is 5.90. The Bertz CT molecular complexity index is 172. The fourth-order valence-electron chi connectivity index (χ4n) is 1.11. The van der Waals surface area contributed by atoms with Gasteiger partial charge in [-0.25, -0.2) is 0 Å². The molecule has 1 amide bonds. The summed E-state index contributed by atoms with van der Waals surface area (Å²) in [6, 6.07) is 0. The zero-order chi connectivity index (χ0) is 11.7. The van der Waals surface area contributed by atoms with Gasteiger partial charge in [-0.15, -0.1) is 0 Å². The van der Waals surface area contributed by atoms with Crippen LogP contribution in [0.25, 0.3) is 0 Å². The summed E-state index contributed by atoms with van der Waals surface area (Å²) >= 11 is 0. The molecule has 0 aromatic carbocycles. The van der Waals surface area contributed by atoms with E-state index in [1.165, 1.54) is 0 Å². The molecule has 0 aliphatic heterocycles. The third kappa shape index (κ3) is 9.69. The fourth-order valence-corrected chi connectivity index (χ4v) is 1.11. The molecule has 1 unspecified atom stereocenters. The van der Waals surface area contributed by atoms with Gasteiger partial charge in [-0.2, -0.15) is 0 Å². The number of hydrogen-bond acceptors (Lipinski definition) is 3. The summed E-state index contributed by atoms with van der Waals surface area (Å²) in [6.45, 7) is 10.6. The van der Waals surface area contributed by atoms with Gasteiger partial charge in [0.1, 0.15) is 0 Å². The van der Waals surface area contributed by atoms with E-state index in [0.29, 0.717) is 25.6 Å². The normalized spacial score (nSPS) is 12.9. The maximum Gasteiger partial charge on any atom is 0.233 e. The van der Waals surface area contributed by atoms with Crippen LogP contribution in [0.2, 0.25) is 0 Å². The van der Waals surface area contributed by atoms with Gasteiger partial charge in [0.25, 0.3) is 0 Å². The highest BCUT2D eigenvalue weighted by atomic mass is 16.5. The van der Waals surface area contributed by atoms with E-state index >= 15 is 0 Å². The van der Waals surface area contributed by atoms with Gasteiger partial charge < -0.3 is 15.4 Å². The summed E-state index contributed by atoms with van der Waals surface area (Å²) in [5.74, 6) is 0.545. The van der Waals surface area contributed by atoms with E-state index < -0.39 is 0 Å². The largest absolute Gasteiger partial charge is 0.377 e.